The Morgan fingerprint density at radius 1 is 1.42 bits per heavy atom. The van der Waals surface area contributed by atoms with Crippen molar-refractivity contribution in [1.82, 2.24) is 4.90 Å². The lowest BCUT2D eigenvalue weighted by molar-refractivity contribution is -0.133. The van der Waals surface area contributed by atoms with Gasteiger partial charge >= 0.3 is 0 Å². The smallest absolute Gasteiger partial charge is 0.227 e. The van der Waals surface area contributed by atoms with Gasteiger partial charge in [-0.2, -0.15) is 11.3 Å². The van der Waals surface area contributed by atoms with Gasteiger partial charge in [0.15, 0.2) is 0 Å². The Morgan fingerprint density at radius 2 is 2.16 bits per heavy atom. The SMILES string of the molecule is CCCN(C(=O)Cc1ccsc1)C1CCC(N)CC1. The second-order valence-corrected chi connectivity index (χ2v) is 6.24. The van der Waals surface area contributed by atoms with E-state index in [-0.39, 0.29) is 5.91 Å². The van der Waals surface area contributed by atoms with Crippen LogP contribution in [0.3, 0.4) is 0 Å². The van der Waals surface area contributed by atoms with Gasteiger partial charge in [0.2, 0.25) is 5.91 Å². The van der Waals surface area contributed by atoms with Crippen LogP contribution in [0.15, 0.2) is 16.8 Å². The molecule has 2 rings (SSSR count). The van der Waals surface area contributed by atoms with E-state index in [1.54, 1.807) is 11.3 Å². The molecule has 0 bridgehead atoms. The van der Waals surface area contributed by atoms with E-state index in [0.717, 1.165) is 44.2 Å². The zero-order valence-corrected chi connectivity index (χ0v) is 12.5. The van der Waals surface area contributed by atoms with Crippen LogP contribution in [0.25, 0.3) is 0 Å². The molecule has 1 heterocycles. The van der Waals surface area contributed by atoms with Crippen LogP contribution >= 0.6 is 11.3 Å². The van der Waals surface area contributed by atoms with Crippen LogP contribution < -0.4 is 5.73 Å². The van der Waals surface area contributed by atoms with E-state index in [1.807, 2.05) is 11.4 Å². The summed E-state index contributed by atoms with van der Waals surface area (Å²) in [6, 6.07) is 2.79. The van der Waals surface area contributed by atoms with Crippen molar-refractivity contribution in [3.05, 3.63) is 22.4 Å². The Bertz CT molecular complexity index is 383. The molecule has 1 aromatic heterocycles. The molecule has 0 atom stereocenters. The summed E-state index contributed by atoms with van der Waals surface area (Å²) in [7, 11) is 0. The molecule has 1 aromatic rings. The number of carbonyl (C=O) groups excluding carboxylic acids is 1. The topological polar surface area (TPSA) is 46.3 Å². The number of carbonyl (C=O) groups is 1. The van der Waals surface area contributed by atoms with Gasteiger partial charge in [-0.1, -0.05) is 6.92 Å². The van der Waals surface area contributed by atoms with Crippen LogP contribution in [-0.4, -0.2) is 29.4 Å². The molecular weight excluding hydrogens is 256 g/mol. The number of hydrogen-bond donors (Lipinski definition) is 1. The number of nitrogens with zero attached hydrogens (tertiary/aromatic N) is 1. The first-order valence-corrected chi connectivity index (χ1v) is 8.21. The van der Waals surface area contributed by atoms with Gasteiger partial charge in [0, 0.05) is 18.6 Å². The third-order valence-corrected chi connectivity index (χ3v) is 4.63. The van der Waals surface area contributed by atoms with Gasteiger partial charge < -0.3 is 10.6 Å². The second kappa shape index (κ2) is 7.06. The quantitative estimate of drug-likeness (QED) is 0.901. The molecule has 0 saturated heterocycles. The molecule has 0 radical (unpaired) electrons. The van der Waals surface area contributed by atoms with Gasteiger partial charge in [-0.3, -0.25) is 4.79 Å². The van der Waals surface area contributed by atoms with Crippen molar-refractivity contribution in [3.63, 3.8) is 0 Å². The summed E-state index contributed by atoms with van der Waals surface area (Å²) in [5.41, 5.74) is 7.10. The minimum absolute atomic E-state index is 0.278. The molecule has 1 aliphatic carbocycles. The molecule has 3 nitrogen and oxygen atoms in total. The zero-order valence-electron chi connectivity index (χ0n) is 11.7. The van der Waals surface area contributed by atoms with Gasteiger partial charge in [-0.15, -0.1) is 0 Å². The number of nitrogens with two attached hydrogens (primary N) is 1. The third-order valence-electron chi connectivity index (χ3n) is 3.90. The molecule has 0 aliphatic heterocycles. The van der Waals surface area contributed by atoms with Gasteiger partial charge in [0.25, 0.3) is 0 Å². The maximum atomic E-state index is 12.5. The highest BCUT2D eigenvalue weighted by atomic mass is 32.1. The van der Waals surface area contributed by atoms with Gasteiger partial charge in [0.05, 0.1) is 6.42 Å². The third kappa shape index (κ3) is 4.05. The number of amides is 1. The highest BCUT2D eigenvalue weighted by Crippen LogP contribution is 2.23. The van der Waals surface area contributed by atoms with Crippen LogP contribution in [0.2, 0.25) is 0 Å². The molecule has 0 aromatic carbocycles. The Balaban J connectivity index is 1.96. The molecule has 1 amide bonds. The fourth-order valence-electron chi connectivity index (χ4n) is 2.83. The van der Waals surface area contributed by atoms with Crippen LogP contribution in [0.1, 0.15) is 44.6 Å². The average Bonchev–Trinajstić information content (AvgIpc) is 2.90. The van der Waals surface area contributed by atoms with Crippen molar-refractivity contribution in [1.29, 1.82) is 0 Å². The van der Waals surface area contributed by atoms with Crippen molar-refractivity contribution in [2.75, 3.05) is 6.54 Å². The number of rotatable bonds is 5. The largest absolute Gasteiger partial charge is 0.339 e. The molecule has 1 fully saturated rings. The summed E-state index contributed by atoms with van der Waals surface area (Å²) in [4.78, 5) is 14.6. The molecule has 0 unspecified atom stereocenters. The molecule has 1 saturated carbocycles. The molecular formula is C15H24N2OS. The zero-order chi connectivity index (χ0) is 13.7. The maximum Gasteiger partial charge on any atom is 0.227 e. The molecule has 4 heteroatoms. The van der Waals surface area contributed by atoms with Crippen molar-refractivity contribution in [2.24, 2.45) is 5.73 Å². The molecule has 2 N–H and O–H groups in total. The summed E-state index contributed by atoms with van der Waals surface area (Å²) >= 11 is 1.66. The average molecular weight is 280 g/mol. The van der Waals surface area contributed by atoms with Gasteiger partial charge in [0.1, 0.15) is 0 Å². The molecule has 19 heavy (non-hydrogen) atoms. The van der Waals surface area contributed by atoms with E-state index in [0.29, 0.717) is 18.5 Å². The van der Waals surface area contributed by atoms with E-state index in [9.17, 15) is 4.79 Å². The first-order valence-electron chi connectivity index (χ1n) is 7.26. The van der Waals surface area contributed by atoms with Crippen LogP contribution in [0.4, 0.5) is 0 Å². The lowest BCUT2D eigenvalue weighted by Crippen LogP contribution is -2.45. The van der Waals surface area contributed by atoms with Gasteiger partial charge in [-0.05, 0) is 54.5 Å². The van der Waals surface area contributed by atoms with Crippen molar-refractivity contribution >= 4 is 17.2 Å². The predicted octanol–water partition coefficient (Wildman–Crippen LogP) is 2.80. The van der Waals surface area contributed by atoms with Crippen molar-refractivity contribution in [2.45, 2.75) is 57.5 Å². The normalized spacial score (nSPS) is 23.3. The first kappa shape index (κ1) is 14.5. The summed E-state index contributed by atoms with van der Waals surface area (Å²) in [6.07, 6.45) is 5.81. The van der Waals surface area contributed by atoms with Crippen LogP contribution in [0.5, 0.6) is 0 Å². The summed E-state index contributed by atoms with van der Waals surface area (Å²) in [5, 5.41) is 4.10. The number of thiophene rings is 1. The Morgan fingerprint density at radius 3 is 2.74 bits per heavy atom. The number of hydrogen-bond acceptors (Lipinski definition) is 3. The minimum atomic E-state index is 0.278. The molecule has 0 spiro atoms. The van der Waals surface area contributed by atoms with Crippen LogP contribution in [-0.2, 0) is 11.2 Å². The highest BCUT2D eigenvalue weighted by Gasteiger charge is 2.27. The van der Waals surface area contributed by atoms with E-state index >= 15 is 0 Å². The second-order valence-electron chi connectivity index (χ2n) is 5.46. The monoisotopic (exact) mass is 280 g/mol. The fourth-order valence-corrected chi connectivity index (χ4v) is 3.50. The lowest BCUT2D eigenvalue weighted by atomic mass is 9.90. The Kier molecular flexibility index (Phi) is 5.40. The lowest BCUT2D eigenvalue weighted by Gasteiger charge is -2.36. The highest BCUT2D eigenvalue weighted by molar-refractivity contribution is 7.07. The predicted molar refractivity (Wildman–Crippen MR) is 80.3 cm³/mol. The first-order chi connectivity index (χ1) is 9.20. The Labute approximate surface area is 119 Å². The molecule has 1 aliphatic rings. The summed E-state index contributed by atoms with van der Waals surface area (Å²) < 4.78 is 0. The fraction of sp³-hybridized carbons (Fsp3) is 0.667. The standard InChI is InChI=1S/C15H24N2OS/c1-2-8-17(14-5-3-13(16)4-6-14)15(18)10-12-7-9-19-11-12/h7,9,11,13-14H,2-6,8,10,16H2,1H3. The Hall–Kier alpha value is -0.870. The molecule has 106 valence electrons. The van der Waals surface area contributed by atoms with Crippen LogP contribution in [0, 0.1) is 0 Å². The van der Waals surface area contributed by atoms with Crippen molar-refractivity contribution in [3.8, 4) is 0 Å². The van der Waals surface area contributed by atoms with E-state index in [2.05, 4.69) is 17.2 Å². The van der Waals surface area contributed by atoms with Crippen molar-refractivity contribution < 1.29 is 4.79 Å². The van der Waals surface area contributed by atoms with E-state index in [1.165, 1.54) is 0 Å². The minimum Gasteiger partial charge on any atom is -0.339 e. The summed E-state index contributed by atoms with van der Waals surface area (Å²) in [6.45, 7) is 3.02. The maximum absolute atomic E-state index is 12.5. The van der Waals surface area contributed by atoms with E-state index in [4.69, 9.17) is 5.73 Å². The summed E-state index contributed by atoms with van der Waals surface area (Å²) in [5.74, 6) is 0.278. The van der Waals surface area contributed by atoms with Gasteiger partial charge in [-0.25, -0.2) is 0 Å². The van der Waals surface area contributed by atoms with E-state index < -0.39 is 0 Å².